The zero-order chi connectivity index (χ0) is 25.7. The van der Waals surface area contributed by atoms with E-state index >= 15 is 0 Å². The Balaban J connectivity index is 0.000000648. The van der Waals surface area contributed by atoms with Gasteiger partial charge in [0.25, 0.3) is 0 Å². The quantitative estimate of drug-likeness (QED) is 0.227. The Morgan fingerprint density at radius 2 is 0.649 bits per heavy atom. The Hall–Kier alpha value is 1.51. The summed E-state index contributed by atoms with van der Waals surface area (Å²) < 4.78 is 0. The van der Waals surface area contributed by atoms with Gasteiger partial charge in [0, 0.05) is 45.2 Å². The van der Waals surface area contributed by atoms with E-state index in [9.17, 15) is 0 Å². The first-order valence-corrected chi connectivity index (χ1v) is 16.4. The molecule has 16 radical (unpaired) electrons. The molecule has 2 saturated carbocycles. The smallest absolute Gasteiger partial charge is 0.00807 e. The van der Waals surface area contributed by atoms with Crippen LogP contribution in [0, 0.1) is 84.3 Å². The third kappa shape index (κ3) is 9.25. The number of hydrogen-bond donors (Lipinski definition) is 0. The molecule has 37 heavy (non-hydrogen) atoms. The summed E-state index contributed by atoms with van der Waals surface area (Å²) in [5.74, 6) is 0. The van der Waals surface area contributed by atoms with E-state index < -0.39 is 0 Å². The minimum Gasteiger partial charge on any atom is -0.0913 e. The molecule has 4 fully saturated rings. The summed E-state index contributed by atoms with van der Waals surface area (Å²) in [6.07, 6.45) is 21.1. The Bertz CT molecular complexity index is 560. The average Bonchev–Trinajstić information content (AvgIpc) is 3.21. The summed E-state index contributed by atoms with van der Waals surface area (Å²) in [5.41, 5.74) is 8.74. The van der Waals surface area contributed by atoms with Crippen molar-refractivity contribution in [2.45, 2.75) is 119 Å². The standard InChI is InChI=1S/2C16H26P.2B.Fe/c2*1-15(2,3)13-11-14(16(4,5)6)17(13)12-9-7-8-10-12;;;/h2*7-10,13-14H,11H2,1-6H3;;;/t2*13-,14-;;;/m00.../s1. The summed E-state index contributed by atoms with van der Waals surface area (Å²) in [6, 6.07) is 0. The molecular formula is C32H52B2FeP2. The number of rotatable bonds is 2. The van der Waals surface area contributed by atoms with Gasteiger partial charge in [-0.05, 0) is 109 Å². The molecule has 5 heteroatoms. The molecule has 4 rings (SSSR count). The third-order valence-electron chi connectivity index (χ3n) is 8.12. The van der Waals surface area contributed by atoms with Gasteiger partial charge in [-0.3, -0.25) is 0 Å². The maximum absolute atomic E-state index is 2.41. The van der Waals surface area contributed by atoms with Crippen LogP contribution in [0.4, 0.5) is 0 Å². The Kier molecular flexibility index (Phi) is 14.7. The van der Waals surface area contributed by atoms with Gasteiger partial charge in [0.1, 0.15) is 0 Å². The minimum absolute atomic E-state index is 0. The zero-order valence-electron chi connectivity index (χ0n) is 25.7. The van der Waals surface area contributed by atoms with E-state index in [-0.39, 0.29) is 49.7 Å². The van der Waals surface area contributed by atoms with Gasteiger partial charge in [-0.25, -0.2) is 0 Å². The normalized spacial score (nSPS) is 30.2. The molecule has 0 N–H and O–H groups in total. The first-order chi connectivity index (χ1) is 15.4. The van der Waals surface area contributed by atoms with Crippen LogP contribution in [-0.4, -0.2) is 39.5 Å². The van der Waals surface area contributed by atoms with Crippen LogP contribution in [0.3, 0.4) is 0 Å². The molecule has 2 aliphatic carbocycles. The topological polar surface area (TPSA) is 0 Å². The predicted molar refractivity (Wildman–Crippen MR) is 168 cm³/mol. The van der Waals surface area contributed by atoms with Crippen LogP contribution < -0.4 is 0 Å². The second kappa shape index (κ2) is 14.1. The first kappa shape index (κ1) is 38.5. The van der Waals surface area contributed by atoms with Crippen LogP contribution >= 0.6 is 15.8 Å². The second-order valence-corrected chi connectivity index (χ2v) is 20.3. The van der Waals surface area contributed by atoms with Crippen LogP contribution in [0.5, 0.6) is 0 Å². The van der Waals surface area contributed by atoms with Gasteiger partial charge in [-0.15, -0.1) is 0 Å². The fourth-order valence-electron chi connectivity index (χ4n) is 5.91. The molecule has 0 unspecified atom stereocenters. The molecule has 0 spiro atoms. The van der Waals surface area contributed by atoms with Gasteiger partial charge < -0.3 is 0 Å². The largest absolute Gasteiger partial charge is 0.0913 e. The van der Waals surface area contributed by atoms with E-state index in [1.54, 1.807) is 11.3 Å². The van der Waals surface area contributed by atoms with E-state index in [0.717, 1.165) is 22.6 Å². The molecule has 0 nitrogen and oxygen atoms in total. The van der Waals surface area contributed by atoms with E-state index in [2.05, 4.69) is 134 Å². The predicted octanol–water partition coefficient (Wildman–Crippen LogP) is 9.36. The molecule has 2 saturated heterocycles. The summed E-state index contributed by atoms with van der Waals surface area (Å²) in [5, 5.41) is 0. The first-order valence-electron chi connectivity index (χ1n) is 13.4. The Labute approximate surface area is 251 Å². The molecule has 2 heterocycles. The Morgan fingerprint density at radius 3 is 0.811 bits per heavy atom. The van der Waals surface area contributed by atoms with Gasteiger partial charge >= 0.3 is 0 Å². The molecule has 0 aromatic heterocycles. The van der Waals surface area contributed by atoms with Crippen molar-refractivity contribution < 1.29 is 17.1 Å². The van der Waals surface area contributed by atoms with E-state index in [1.807, 2.05) is 0 Å². The minimum atomic E-state index is 0. The SMILES string of the molecule is CC(C)(C)[C@@H]1C[C@@H](C(C)(C)C)P1[C]1[CH][CH][CH][CH]1.CC(C)(C)[C@@H]1C[C@@H](C(C)(C)C)P1[C]1[CH][CH][CH][CH]1.[B].[B].[Fe]. The maximum atomic E-state index is 2.41. The molecule has 2 aliphatic heterocycles. The van der Waals surface area contributed by atoms with Crippen molar-refractivity contribution in [3.05, 3.63) is 62.7 Å². The summed E-state index contributed by atoms with van der Waals surface area (Å²) in [6.45, 7) is 28.9. The molecule has 204 valence electrons. The molecular weight excluding hydrogens is 524 g/mol. The molecule has 4 atom stereocenters. The van der Waals surface area contributed by atoms with Crippen LogP contribution in [0.1, 0.15) is 95.9 Å². The van der Waals surface area contributed by atoms with Crippen LogP contribution in [0.2, 0.25) is 0 Å². The van der Waals surface area contributed by atoms with Crippen molar-refractivity contribution in [2.24, 2.45) is 21.7 Å². The van der Waals surface area contributed by atoms with E-state index in [4.69, 9.17) is 0 Å². The number of hydrogen-bond acceptors (Lipinski definition) is 0. The fraction of sp³-hybridized carbons (Fsp3) is 0.688. The average molecular weight is 576 g/mol. The Morgan fingerprint density at radius 1 is 0.459 bits per heavy atom. The molecule has 4 aliphatic rings. The van der Waals surface area contributed by atoms with Crippen LogP contribution in [-0.2, 0) is 17.1 Å². The monoisotopic (exact) mass is 576 g/mol. The van der Waals surface area contributed by atoms with Gasteiger partial charge in [-0.1, -0.05) is 98.9 Å². The van der Waals surface area contributed by atoms with Crippen molar-refractivity contribution in [3.63, 3.8) is 0 Å². The van der Waals surface area contributed by atoms with Crippen LogP contribution in [0.25, 0.3) is 0 Å². The third-order valence-corrected chi connectivity index (χ3v) is 16.5. The van der Waals surface area contributed by atoms with Gasteiger partial charge in [0.2, 0.25) is 0 Å². The van der Waals surface area contributed by atoms with Gasteiger partial charge in [0.05, 0.1) is 0 Å². The van der Waals surface area contributed by atoms with Gasteiger partial charge in [0.15, 0.2) is 0 Å². The zero-order valence-corrected chi connectivity index (χ0v) is 28.6. The fourth-order valence-corrected chi connectivity index (χ4v) is 13.6. The molecule has 0 bridgehead atoms. The second-order valence-electron chi connectivity index (χ2n) is 15.1. The van der Waals surface area contributed by atoms with Crippen molar-refractivity contribution >= 4 is 32.7 Å². The summed E-state index contributed by atoms with van der Waals surface area (Å²) >= 11 is 0. The molecule has 0 amide bonds. The molecule has 0 aromatic carbocycles. The van der Waals surface area contributed by atoms with Crippen LogP contribution in [0.15, 0.2) is 0 Å². The van der Waals surface area contributed by atoms with Crippen molar-refractivity contribution in [2.75, 3.05) is 0 Å². The van der Waals surface area contributed by atoms with Gasteiger partial charge in [-0.2, -0.15) is 0 Å². The maximum Gasteiger partial charge on any atom is 0.00807 e. The summed E-state index contributed by atoms with van der Waals surface area (Å²) in [7, 11) is 0.0823. The summed E-state index contributed by atoms with van der Waals surface area (Å²) in [4.78, 5) is 0. The van der Waals surface area contributed by atoms with Crippen molar-refractivity contribution in [1.82, 2.24) is 0 Å². The molecule has 0 aromatic rings. The van der Waals surface area contributed by atoms with E-state index in [1.165, 1.54) is 12.8 Å². The van der Waals surface area contributed by atoms with Crippen molar-refractivity contribution in [1.29, 1.82) is 0 Å². The van der Waals surface area contributed by atoms with E-state index in [0.29, 0.717) is 21.7 Å². The van der Waals surface area contributed by atoms with Crippen molar-refractivity contribution in [3.8, 4) is 0 Å².